The van der Waals surface area contributed by atoms with Gasteiger partial charge in [0, 0.05) is 13.8 Å². The van der Waals surface area contributed by atoms with Gasteiger partial charge in [0.15, 0.2) is 13.6 Å². The molecule has 0 aromatic carbocycles. The highest BCUT2D eigenvalue weighted by Crippen LogP contribution is 2.07. The predicted molar refractivity (Wildman–Crippen MR) is 77.5 cm³/mol. The summed E-state index contributed by atoms with van der Waals surface area (Å²) in [5, 5.41) is 0. The van der Waals surface area contributed by atoms with Gasteiger partial charge in [0.25, 0.3) is 0 Å². The molecule has 0 N–H and O–H groups in total. The van der Waals surface area contributed by atoms with Gasteiger partial charge >= 0.3 is 11.9 Å². The smallest absolute Gasteiger partial charge is 0.304 e. The highest BCUT2D eigenvalue weighted by atomic mass is 16.7. The zero-order chi connectivity index (χ0) is 15.8. The van der Waals surface area contributed by atoms with Gasteiger partial charge in [-0.25, -0.2) is 0 Å². The predicted octanol–water partition coefficient (Wildman–Crippen LogP) is 2.79. The van der Waals surface area contributed by atoms with E-state index in [1.165, 1.54) is 33.1 Å². The number of ether oxygens (including phenoxy) is 4. The van der Waals surface area contributed by atoms with Crippen molar-refractivity contribution >= 4 is 11.9 Å². The van der Waals surface area contributed by atoms with E-state index in [0.717, 1.165) is 25.7 Å². The maximum absolute atomic E-state index is 10.5. The molecule has 21 heavy (non-hydrogen) atoms. The van der Waals surface area contributed by atoms with Gasteiger partial charge < -0.3 is 18.9 Å². The molecule has 0 aliphatic heterocycles. The lowest BCUT2D eigenvalue weighted by molar-refractivity contribution is -0.154. The molecule has 0 spiro atoms. The standard InChI is InChI=1S/C15H28O6/c1-14(16)20-12-18-10-8-6-4-3-5-7-9-11-19-13-21-15(2)17/h3-13H2,1-2H3. The van der Waals surface area contributed by atoms with Gasteiger partial charge in [-0.3, -0.25) is 9.59 Å². The van der Waals surface area contributed by atoms with Crippen LogP contribution < -0.4 is 0 Å². The quantitative estimate of drug-likeness (QED) is 0.279. The van der Waals surface area contributed by atoms with Crippen molar-refractivity contribution in [3.05, 3.63) is 0 Å². The Morgan fingerprint density at radius 1 is 0.619 bits per heavy atom. The minimum absolute atomic E-state index is 0.0582. The Kier molecular flexibility index (Phi) is 14.4. The highest BCUT2D eigenvalue weighted by Gasteiger charge is 1.95. The Labute approximate surface area is 127 Å². The first-order valence-electron chi connectivity index (χ1n) is 7.55. The van der Waals surface area contributed by atoms with E-state index in [-0.39, 0.29) is 25.5 Å². The molecule has 0 unspecified atom stereocenters. The van der Waals surface area contributed by atoms with Crippen LogP contribution in [-0.2, 0) is 28.5 Å². The third-order valence-corrected chi connectivity index (χ3v) is 2.77. The maximum atomic E-state index is 10.5. The highest BCUT2D eigenvalue weighted by molar-refractivity contribution is 5.66. The van der Waals surface area contributed by atoms with Crippen molar-refractivity contribution in [2.45, 2.75) is 58.8 Å². The Morgan fingerprint density at radius 2 is 0.952 bits per heavy atom. The number of esters is 2. The molecule has 0 saturated carbocycles. The number of rotatable bonds is 14. The molecular formula is C15H28O6. The Morgan fingerprint density at radius 3 is 1.29 bits per heavy atom. The zero-order valence-corrected chi connectivity index (χ0v) is 13.2. The number of unbranched alkanes of at least 4 members (excludes halogenated alkanes) is 6. The van der Waals surface area contributed by atoms with Crippen LogP contribution in [0.4, 0.5) is 0 Å². The molecule has 0 bridgehead atoms. The van der Waals surface area contributed by atoms with Gasteiger partial charge in [-0.15, -0.1) is 0 Å². The molecule has 0 atom stereocenters. The van der Waals surface area contributed by atoms with Crippen molar-refractivity contribution in [2.24, 2.45) is 0 Å². The van der Waals surface area contributed by atoms with Crippen LogP contribution in [0, 0.1) is 0 Å². The van der Waals surface area contributed by atoms with Crippen molar-refractivity contribution < 1.29 is 28.5 Å². The van der Waals surface area contributed by atoms with Gasteiger partial charge in [0.05, 0.1) is 13.2 Å². The summed E-state index contributed by atoms with van der Waals surface area (Å²) in [5.74, 6) is -0.626. The fourth-order valence-electron chi connectivity index (χ4n) is 1.66. The second-order valence-corrected chi connectivity index (χ2v) is 4.80. The lowest BCUT2D eigenvalue weighted by Gasteiger charge is -2.05. The molecule has 0 aliphatic carbocycles. The molecule has 0 heterocycles. The molecule has 0 aliphatic rings. The van der Waals surface area contributed by atoms with Crippen molar-refractivity contribution in [3.8, 4) is 0 Å². The molecule has 6 nitrogen and oxygen atoms in total. The van der Waals surface area contributed by atoms with Crippen molar-refractivity contribution in [2.75, 3.05) is 26.8 Å². The fourth-order valence-corrected chi connectivity index (χ4v) is 1.66. The van der Waals surface area contributed by atoms with Crippen LogP contribution >= 0.6 is 0 Å². The molecule has 0 radical (unpaired) electrons. The number of carbonyl (C=O) groups is 2. The van der Waals surface area contributed by atoms with Crippen LogP contribution in [0.3, 0.4) is 0 Å². The number of hydrogen-bond donors (Lipinski definition) is 0. The normalized spacial score (nSPS) is 10.4. The summed E-state index contributed by atoms with van der Waals surface area (Å²) >= 11 is 0. The second-order valence-electron chi connectivity index (χ2n) is 4.80. The van der Waals surface area contributed by atoms with E-state index >= 15 is 0 Å². The zero-order valence-electron chi connectivity index (χ0n) is 13.2. The summed E-state index contributed by atoms with van der Waals surface area (Å²) in [5.41, 5.74) is 0. The largest absolute Gasteiger partial charge is 0.439 e. The Bertz CT molecular complexity index is 241. The average Bonchev–Trinajstić information content (AvgIpc) is 2.42. The molecule has 0 amide bonds. The molecular weight excluding hydrogens is 276 g/mol. The summed E-state index contributed by atoms with van der Waals surface area (Å²) in [6, 6.07) is 0. The Hall–Kier alpha value is -1.14. The van der Waals surface area contributed by atoms with Gasteiger partial charge in [0.1, 0.15) is 0 Å². The monoisotopic (exact) mass is 304 g/mol. The van der Waals surface area contributed by atoms with Gasteiger partial charge in [-0.1, -0.05) is 32.1 Å². The molecule has 0 saturated heterocycles. The third-order valence-electron chi connectivity index (χ3n) is 2.77. The van der Waals surface area contributed by atoms with Crippen molar-refractivity contribution in [1.82, 2.24) is 0 Å². The van der Waals surface area contributed by atoms with E-state index in [1.54, 1.807) is 0 Å². The molecule has 0 aromatic heterocycles. The Balaban J connectivity index is 2.99. The minimum Gasteiger partial charge on any atom is -0.439 e. The van der Waals surface area contributed by atoms with Gasteiger partial charge in [-0.05, 0) is 12.8 Å². The first-order valence-corrected chi connectivity index (χ1v) is 7.55. The first kappa shape index (κ1) is 19.9. The summed E-state index contributed by atoms with van der Waals surface area (Å²) in [6.45, 7) is 4.12. The van der Waals surface area contributed by atoms with E-state index < -0.39 is 0 Å². The van der Waals surface area contributed by atoms with Gasteiger partial charge in [-0.2, -0.15) is 0 Å². The SMILES string of the molecule is CC(=O)OCOCCCCCCCCCOCOC(C)=O. The van der Waals surface area contributed by atoms with Crippen molar-refractivity contribution in [1.29, 1.82) is 0 Å². The van der Waals surface area contributed by atoms with Crippen LogP contribution in [0.25, 0.3) is 0 Å². The summed E-state index contributed by atoms with van der Waals surface area (Å²) in [6.07, 6.45) is 7.82. The fraction of sp³-hybridized carbons (Fsp3) is 0.867. The summed E-state index contributed by atoms with van der Waals surface area (Å²) < 4.78 is 19.6. The number of hydrogen-bond acceptors (Lipinski definition) is 6. The van der Waals surface area contributed by atoms with Crippen LogP contribution in [-0.4, -0.2) is 38.7 Å². The van der Waals surface area contributed by atoms with E-state index in [9.17, 15) is 9.59 Å². The van der Waals surface area contributed by atoms with Crippen LogP contribution in [0.2, 0.25) is 0 Å². The van der Waals surface area contributed by atoms with E-state index in [2.05, 4.69) is 9.47 Å². The molecule has 0 fully saturated rings. The number of carbonyl (C=O) groups excluding carboxylic acids is 2. The molecule has 6 heteroatoms. The average molecular weight is 304 g/mol. The van der Waals surface area contributed by atoms with Gasteiger partial charge in [0.2, 0.25) is 0 Å². The lowest BCUT2D eigenvalue weighted by Crippen LogP contribution is -2.05. The third kappa shape index (κ3) is 18.9. The molecule has 0 rings (SSSR count). The minimum atomic E-state index is -0.313. The first-order chi connectivity index (χ1) is 10.1. The molecule has 124 valence electrons. The molecule has 0 aromatic rings. The van der Waals surface area contributed by atoms with E-state index in [0.29, 0.717) is 13.2 Å². The van der Waals surface area contributed by atoms with Crippen molar-refractivity contribution in [3.63, 3.8) is 0 Å². The van der Waals surface area contributed by atoms with E-state index in [1.807, 2.05) is 0 Å². The lowest BCUT2D eigenvalue weighted by atomic mass is 10.1. The summed E-state index contributed by atoms with van der Waals surface area (Å²) in [4.78, 5) is 20.9. The topological polar surface area (TPSA) is 71.1 Å². The van der Waals surface area contributed by atoms with Crippen LogP contribution in [0.1, 0.15) is 58.8 Å². The van der Waals surface area contributed by atoms with E-state index in [4.69, 9.17) is 9.47 Å². The van der Waals surface area contributed by atoms with Crippen LogP contribution in [0.15, 0.2) is 0 Å². The van der Waals surface area contributed by atoms with Crippen LogP contribution in [0.5, 0.6) is 0 Å². The maximum Gasteiger partial charge on any atom is 0.304 e. The second kappa shape index (κ2) is 15.3. The summed E-state index contributed by atoms with van der Waals surface area (Å²) in [7, 11) is 0.